The fourth-order valence-electron chi connectivity index (χ4n) is 1.87. The van der Waals surface area contributed by atoms with Crippen LogP contribution in [0.15, 0.2) is 24.4 Å². The predicted molar refractivity (Wildman–Crippen MR) is 79.2 cm³/mol. The first-order valence-electron chi connectivity index (χ1n) is 6.43. The number of non-ortho nitro benzene ring substituents is 1. The lowest BCUT2D eigenvalue weighted by Crippen LogP contribution is -2.04. The monoisotopic (exact) mass is 291 g/mol. The van der Waals surface area contributed by atoms with E-state index in [9.17, 15) is 10.1 Å². The van der Waals surface area contributed by atoms with Gasteiger partial charge in [0.1, 0.15) is 11.6 Å². The normalized spacial score (nSPS) is 10.4. The summed E-state index contributed by atoms with van der Waals surface area (Å²) in [5.74, 6) is 1.01. The van der Waals surface area contributed by atoms with Gasteiger partial charge in [-0.3, -0.25) is 14.8 Å². The molecule has 0 radical (unpaired) electrons. The Morgan fingerprint density at radius 2 is 2.24 bits per heavy atom. The molecule has 0 spiro atoms. The lowest BCUT2D eigenvalue weighted by atomic mass is 10.2. The van der Waals surface area contributed by atoms with Crippen LogP contribution in [0.25, 0.3) is 0 Å². The zero-order chi connectivity index (χ0) is 15.4. The van der Waals surface area contributed by atoms with Crippen LogP contribution in [-0.2, 0) is 13.6 Å². The van der Waals surface area contributed by atoms with E-state index in [4.69, 9.17) is 10.5 Å². The zero-order valence-electron chi connectivity index (χ0n) is 11.9. The van der Waals surface area contributed by atoms with Gasteiger partial charge in [-0.1, -0.05) is 0 Å². The molecule has 0 atom stereocenters. The molecule has 0 amide bonds. The topological polar surface area (TPSA) is 108 Å². The van der Waals surface area contributed by atoms with E-state index in [0.29, 0.717) is 30.4 Å². The Kier molecular flexibility index (Phi) is 4.27. The van der Waals surface area contributed by atoms with Crippen LogP contribution in [0.5, 0.6) is 5.75 Å². The van der Waals surface area contributed by atoms with Crippen molar-refractivity contribution < 1.29 is 9.66 Å². The minimum atomic E-state index is -0.452. The Bertz CT molecular complexity index is 653. The summed E-state index contributed by atoms with van der Waals surface area (Å²) in [7, 11) is 1.75. The Hall–Kier alpha value is -2.77. The molecule has 1 aromatic carbocycles. The van der Waals surface area contributed by atoms with Crippen molar-refractivity contribution in [1.82, 2.24) is 9.78 Å². The number of nitro groups is 1. The van der Waals surface area contributed by atoms with Crippen LogP contribution in [0.3, 0.4) is 0 Å². The molecule has 112 valence electrons. The third kappa shape index (κ3) is 3.41. The Morgan fingerprint density at radius 1 is 1.48 bits per heavy atom. The second kappa shape index (κ2) is 6.12. The van der Waals surface area contributed by atoms with Gasteiger partial charge in [0.25, 0.3) is 5.69 Å². The number of rotatable bonds is 6. The first-order valence-corrected chi connectivity index (χ1v) is 6.43. The molecule has 0 bridgehead atoms. The predicted octanol–water partition coefficient (Wildman–Crippen LogP) is 1.92. The van der Waals surface area contributed by atoms with Gasteiger partial charge in [0.15, 0.2) is 0 Å². The summed E-state index contributed by atoms with van der Waals surface area (Å²) in [4.78, 5) is 10.5. The van der Waals surface area contributed by atoms with Gasteiger partial charge in [0.05, 0.1) is 23.8 Å². The molecule has 0 saturated heterocycles. The van der Waals surface area contributed by atoms with Crippen molar-refractivity contribution in [3.63, 3.8) is 0 Å². The van der Waals surface area contributed by atoms with Crippen molar-refractivity contribution in [2.45, 2.75) is 13.5 Å². The molecule has 0 fully saturated rings. The van der Waals surface area contributed by atoms with Crippen LogP contribution in [0.1, 0.15) is 12.5 Å². The molecule has 8 heteroatoms. The average molecular weight is 291 g/mol. The maximum absolute atomic E-state index is 10.9. The van der Waals surface area contributed by atoms with E-state index >= 15 is 0 Å². The van der Waals surface area contributed by atoms with E-state index in [1.54, 1.807) is 24.0 Å². The maximum Gasteiger partial charge on any atom is 0.275 e. The summed E-state index contributed by atoms with van der Waals surface area (Å²) >= 11 is 0. The van der Waals surface area contributed by atoms with Crippen molar-refractivity contribution in [2.24, 2.45) is 7.05 Å². The highest BCUT2D eigenvalue weighted by molar-refractivity contribution is 5.57. The lowest BCUT2D eigenvalue weighted by molar-refractivity contribution is -0.384. The summed E-state index contributed by atoms with van der Waals surface area (Å²) < 4.78 is 6.90. The molecular weight excluding hydrogens is 274 g/mol. The number of nitrogens with one attached hydrogen (secondary N) is 1. The highest BCUT2D eigenvalue weighted by Crippen LogP contribution is 2.26. The van der Waals surface area contributed by atoms with Crippen molar-refractivity contribution in [3.8, 4) is 5.75 Å². The van der Waals surface area contributed by atoms with Crippen LogP contribution in [0, 0.1) is 10.1 Å². The standard InChI is InChI=1S/C13H17N5O3/c1-3-21-12-5-10(4-11(6-12)18(19)20)15-7-9-8-16-17(2)13(9)14/h4-6,8,15H,3,7,14H2,1-2H3. The maximum atomic E-state index is 10.9. The Labute approximate surface area is 121 Å². The minimum Gasteiger partial charge on any atom is -0.494 e. The van der Waals surface area contributed by atoms with Gasteiger partial charge in [-0.25, -0.2) is 0 Å². The molecule has 0 saturated carbocycles. The second-order valence-electron chi connectivity index (χ2n) is 4.44. The van der Waals surface area contributed by atoms with Crippen LogP contribution < -0.4 is 15.8 Å². The van der Waals surface area contributed by atoms with Gasteiger partial charge >= 0.3 is 0 Å². The molecular formula is C13H17N5O3. The van der Waals surface area contributed by atoms with Gasteiger partial charge in [0.2, 0.25) is 0 Å². The van der Waals surface area contributed by atoms with Gasteiger partial charge in [-0.2, -0.15) is 5.10 Å². The van der Waals surface area contributed by atoms with Crippen molar-refractivity contribution >= 4 is 17.2 Å². The van der Waals surface area contributed by atoms with Crippen LogP contribution >= 0.6 is 0 Å². The van der Waals surface area contributed by atoms with Crippen molar-refractivity contribution in [3.05, 3.63) is 40.1 Å². The van der Waals surface area contributed by atoms with E-state index < -0.39 is 4.92 Å². The third-order valence-electron chi connectivity index (χ3n) is 2.96. The van der Waals surface area contributed by atoms with E-state index in [2.05, 4.69) is 10.4 Å². The zero-order valence-corrected chi connectivity index (χ0v) is 11.9. The van der Waals surface area contributed by atoms with Gasteiger partial charge in [-0.05, 0) is 6.92 Å². The highest BCUT2D eigenvalue weighted by Gasteiger charge is 2.11. The minimum absolute atomic E-state index is 0.0254. The Morgan fingerprint density at radius 3 is 2.81 bits per heavy atom. The molecule has 0 aliphatic carbocycles. The summed E-state index contributed by atoms with van der Waals surface area (Å²) in [6.45, 7) is 2.69. The number of hydrogen-bond donors (Lipinski definition) is 2. The molecule has 0 aliphatic rings. The average Bonchev–Trinajstić information content (AvgIpc) is 2.77. The smallest absolute Gasteiger partial charge is 0.275 e. The summed E-state index contributed by atoms with van der Waals surface area (Å²) in [6.07, 6.45) is 1.66. The molecule has 2 rings (SSSR count). The number of anilines is 2. The molecule has 1 aromatic heterocycles. The van der Waals surface area contributed by atoms with Crippen molar-refractivity contribution in [2.75, 3.05) is 17.7 Å². The summed E-state index contributed by atoms with van der Waals surface area (Å²) in [5.41, 5.74) is 7.24. The Balaban J connectivity index is 2.18. The van der Waals surface area contributed by atoms with E-state index in [1.807, 2.05) is 6.92 Å². The van der Waals surface area contributed by atoms with Gasteiger partial charge in [-0.15, -0.1) is 0 Å². The van der Waals surface area contributed by atoms with Crippen LogP contribution in [-0.4, -0.2) is 21.3 Å². The first-order chi connectivity index (χ1) is 10.0. The lowest BCUT2D eigenvalue weighted by Gasteiger charge is -2.09. The SMILES string of the molecule is CCOc1cc(NCc2cnn(C)c2N)cc([N+](=O)[O-])c1. The van der Waals surface area contributed by atoms with Crippen LogP contribution in [0.4, 0.5) is 17.2 Å². The number of hydrogen-bond acceptors (Lipinski definition) is 6. The number of nitrogens with two attached hydrogens (primary N) is 1. The number of nitrogen functional groups attached to an aromatic ring is 1. The fourth-order valence-corrected chi connectivity index (χ4v) is 1.87. The fraction of sp³-hybridized carbons (Fsp3) is 0.308. The molecule has 0 unspecified atom stereocenters. The molecule has 3 N–H and O–H groups in total. The summed E-state index contributed by atoms with van der Waals surface area (Å²) in [6, 6.07) is 4.56. The van der Waals surface area contributed by atoms with Gasteiger partial charge < -0.3 is 15.8 Å². The molecule has 1 heterocycles. The highest BCUT2D eigenvalue weighted by atomic mass is 16.6. The second-order valence-corrected chi connectivity index (χ2v) is 4.44. The van der Waals surface area contributed by atoms with Crippen molar-refractivity contribution in [1.29, 1.82) is 0 Å². The van der Waals surface area contributed by atoms with E-state index in [1.165, 1.54) is 12.1 Å². The van der Waals surface area contributed by atoms with Crippen LogP contribution in [0.2, 0.25) is 0 Å². The van der Waals surface area contributed by atoms with Gasteiger partial charge in [0, 0.05) is 37.0 Å². The molecule has 0 aliphatic heterocycles. The number of ether oxygens (including phenoxy) is 1. The largest absolute Gasteiger partial charge is 0.494 e. The number of nitro benzene ring substituents is 1. The molecule has 8 nitrogen and oxygen atoms in total. The van der Waals surface area contributed by atoms with E-state index in [0.717, 1.165) is 5.56 Å². The first kappa shape index (κ1) is 14.6. The quantitative estimate of drug-likeness (QED) is 0.621. The molecule has 2 aromatic rings. The molecule has 21 heavy (non-hydrogen) atoms. The number of benzene rings is 1. The number of aromatic nitrogens is 2. The number of aryl methyl sites for hydroxylation is 1. The van der Waals surface area contributed by atoms with E-state index in [-0.39, 0.29) is 5.69 Å². The number of nitrogens with zero attached hydrogens (tertiary/aromatic N) is 3. The summed E-state index contributed by atoms with van der Waals surface area (Å²) in [5, 5.41) is 18.1. The third-order valence-corrected chi connectivity index (χ3v) is 2.96.